The molecule has 0 radical (unpaired) electrons. The smallest absolute Gasteiger partial charge is 0.293 e. The summed E-state index contributed by atoms with van der Waals surface area (Å²) in [5.74, 6) is -0.0145. The molecule has 2 N–H and O–H groups in total. The molecule has 2 aromatic rings. The van der Waals surface area contributed by atoms with Crippen molar-refractivity contribution in [2.45, 2.75) is 6.92 Å². The Hall–Kier alpha value is -2.84. The zero-order chi connectivity index (χ0) is 22.4. The molecule has 9 heteroatoms. The van der Waals surface area contributed by atoms with Gasteiger partial charge < -0.3 is 25.3 Å². The summed E-state index contributed by atoms with van der Waals surface area (Å²) >= 11 is 9.30. The number of halogens is 2. The second kappa shape index (κ2) is 10.5. The van der Waals surface area contributed by atoms with Gasteiger partial charge in [-0.05, 0) is 48.5 Å². The number of hydrogen-bond donors (Lipinski definition) is 2. The van der Waals surface area contributed by atoms with Crippen molar-refractivity contribution in [2.24, 2.45) is 0 Å². The Morgan fingerprint density at radius 2 is 1.61 bits per heavy atom. The Bertz CT molecular complexity index is 985. The molecule has 2 amide bonds. The first kappa shape index (κ1) is 22.8. The minimum absolute atomic E-state index is 0.00328. The first-order chi connectivity index (χ1) is 14.9. The number of ether oxygens (including phenoxy) is 1. The lowest BCUT2D eigenvalue weighted by Crippen LogP contribution is -2.48. The maximum Gasteiger partial charge on any atom is 0.293 e. The predicted octanol–water partition coefficient (Wildman–Crippen LogP) is 4.15. The van der Waals surface area contributed by atoms with Gasteiger partial charge in [-0.1, -0.05) is 27.5 Å². The lowest BCUT2D eigenvalue weighted by Gasteiger charge is -2.36. The number of amides is 2. The predicted molar refractivity (Wildman–Crippen MR) is 124 cm³/mol. The molecule has 2 aromatic carbocycles. The second-order valence-corrected chi connectivity index (χ2v) is 8.22. The molecule has 0 spiro atoms. The van der Waals surface area contributed by atoms with E-state index in [9.17, 15) is 9.59 Å². The van der Waals surface area contributed by atoms with E-state index >= 15 is 0 Å². The summed E-state index contributed by atoms with van der Waals surface area (Å²) in [4.78, 5) is 28.4. The van der Waals surface area contributed by atoms with E-state index in [1.807, 2.05) is 4.90 Å². The lowest BCUT2D eigenvalue weighted by atomic mass is 10.2. The molecule has 0 bridgehead atoms. The SMILES string of the molecule is CC(=O)N1CCN(/C(C=N)=C(\Oc2ccc(Br)cc2)C(=O)Nc2ccc(Cl)cc2)CC1. The highest BCUT2D eigenvalue weighted by Gasteiger charge is 2.26. The molecule has 0 saturated carbocycles. The average Bonchev–Trinajstić information content (AvgIpc) is 2.77. The fraction of sp³-hybridized carbons (Fsp3) is 0.227. The Kier molecular flexibility index (Phi) is 7.70. The maximum atomic E-state index is 13.2. The second-order valence-electron chi connectivity index (χ2n) is 6.87. The summed E-state index contributed by atoms with van der Waals surface area (Å²) in [7, 11) is 0. The number of anilines is 1. The molecule has 31 heavy (non-hydrogen) atoms. The van der Waals surface area contributed by atoms with Crippen LogP contribution in [0.1, 0.15) is 6.92 Å². The van der Waals surface area contributed by atoms with Crippen LogP contribution in [0.2, 0.25) is 5.02 Å². The molecule has 1 saturated heterocycles. The van der Waals surface area contributed by atoms with Gasteiger partial charge in [0, 0.05) is 54.5 Å². The van der Waals surface area contributed by atoms with Gasteiger partial charge in [-0.2, -0.15) is 0 Å². The largest absolute Gasteiger partial charge is 0.449 e. The molecule has 1 fully saturated rings. The van der Waals surface area contributed by atoms with Gasteiger partial charge in [0.2, 0.25) is 11.7 Å². The van der Waals surface area contributed by atoms with Gasteiger partial charge in [0.1, 0.15) is 11.4 Å². The van der Waals surface area contributed by atoms with Crippen LogP contribution < -0.4 is 10.1 Å². The van der Waals surface area contributed by atoms with Crippen LogP contribution in [0.15, 0.2) is 64.5 Å². The van der Waals surface area contributed by atoms with Crippen molar-refractivity contribution in [3.63, 3.8) is 0 Å². The van der Waals surface area contributed by atoms with E-state index in [0.29, 0.717) is 48.3 Å². The molecule has 3 rings (SSSR count). The molecular formula is C22H22BrClN4O3. The minimum Gasteiger partial charge on any atom is -0.449 e. The highest BCUT2D eigenvalue weighted by molar-refractivity contribution is 9.10. The van der Waals surface area contributed by atoms with Crippen LogP contribution in [0.4, 0.5) is 5.69 Å². The fourth-order valence-electron chi connectivity index (χ4n) is 3.12. The number of nitrogens with one attached hydrogen (secondary N) is 2. The highest BCUT2D eigenvalue weighted by Crippen LogP contribution is 2.23. The van der Waals surface area contributed by atoms with Crippen molar-refractivity contribution < 1.29 is 14.3 Å². The third-order valence-electron chi connectivity index (χ3n) is 4.78. The molecule has 1 aliphatic heterocycles. The molecule has 7 nitrogen and oxygen atoms in total. The van der Waals surface area contributed by atoms with E-state index in [1.54, 1.807) is 53.4 Å². The van der Waals surface area contributed by atoms with Crippen molar-refractivity contribution in [3.8, 4) is 5.75 Å². The molecular weight excluding hydrogens is 484 g/mol. The van der Waals surface area contributed by atoms with Gasteiger partial charge in [0.15, 0.2) is 0 Å². The number of carbonyl (C=O) groups excluding carboxylic acids is 2. The van der Waals surface area contributed by atoms with Crippen molar-refractivity contribution in [2.75, 3.05) is 31.5 Å². The van der Waals surface area contributed by atoms with Gasteiger partial charge in [-0.25, -0.2) is 0 Å². The van der Waals surface area contributed by atoms with Gasteiger partial charge in [0.05, 0.1) is 0 Å². The topological polar surface area (TPSA) is 85.7 Å². The highest BCUT2D eigenvalue weighted by atomic mass is 79.9. The van der Waals surface area contributed by atoms with Crippen LogP contribution in [0.5, 0.6) is 5.75 Å². The van der Waals surface area contributed by atoms with Crippen LogP contribution >= 0.6 is 27.5 Å². The van der Waals surface area contributed by atoms with E-state index in [1.165, 1.54) is 6.92 Å². The number of hydrogen-bond acceptors (Lipinski definition) is 5. The average molecular weight is 506 g/mol. The Balaban J connectivity index is 1.91. The van der Waals surface area contributed by atoms with E-state index in [2.05, 4.69) is 21.2 Å². The third-order valence-corrected chi connectivity index (χ3v) is 5.56. The number of piperazine rings is 1. The lowest BCUT2D eigenvalue weighted by molar-refractivity contribution is -0.130. The van der Waals surface area contributed by atoms with Crippen LogP contribution in [-0.4, -0.2) is 54.0 Å². The van der Waals surface area contributed by atoms with E-state index in [-0.39, 0.29) is 11.7 Å². The Morgan fingerprint density at radius 3 is 2.16 bits per heavy atom. The standard InChI is InChI=1S/C22H22BrClN4O3/c1-15(29)27-10-12-28(13-11-27)20(14-25)21(31-19-8-2-16(23)3-9-19)22(30)26-18-6-4-17(24)5-7-18/h2-9,14,25H,10-13H2,1H3,(H,26,30)/b21-20-,25-14?. The molecule has 1 aliphatic rings. The van der Waals surface area contributed by atoms with E-state index in [0.717, 1.165) is 10.7 Å². The summed E-state index contributed by atoms with van der Waals surface area (Å²) in [5, 5.41) is 11.3. The normalized spacial score (nSPS) is 14.5. The number of allylic oxidation sites excluding steroid dienone is 1. The number of carbonyl (C=O) groups is 2. The summed E-state index contributed by atoms with van der Waals surface area (Å²) in [5.41, 5.74) is 0.898. The first-order valence-electron chi connectivity index (χ1n) is 9.63. The van der Waals surface area contributed by atoms with Crippen molar-refractivity contribution in [1.29, 1.82) is 5.41 Å². The van der Waals surface area contributed by atoms with E-state index < -0.39 is 5.91 Å². The third kappa shape index (κ3) is 6.08. The summed E-state index contributed by atoms with van der Waals surface area (Å²) < 4.78 is 6.83. The molecule has 0 unspecified atom stereocenters. The van der Waals surface area contributed by atoms with Gasteiger partial charge in [-0.15, -0.1) is 0 Å². The van der Waals surface area contributed by atoms with E-state index in [4.69, 9.17) is 21.7 Å². The van der Waals surface area contributed by atoms with Crippen molar-refractivity contribution in [3.05, 3.63) is 69.5 Å². The van der Waals surface area contributed by atoms with Gasteiger partial charge in [-0.3, -0.25) is 9.59 Å². The Labute approximate surface area is 194 Å². The number of benzene rings is 2. The molecule has 0 atom stereocenters. The van der Waals surface area contributed by atoms with Crippen molar-refractivity contribution >= 4 is 51.2 Å². The van der Waals surface area contributed by atoms with Crippen LogP contribution in [-0.2, 0) is 9.59 Å². The first-order valence-corrected chi connectivity index (χ1v) is 10.8. The van der Waals surface area contributed by atoms with Gasteiger partial charge >= 0.3 is 0 Å². The molecule has 0 aromatic heterocycles. The van der Waals surface area contributed by atoms with Crippen LogP contribution in [0.3, 0.4) is 0 Å². The summed E-state index contributed by atoms with van der Waals surface area (Å²) in [6.07, 6.45) is 1.11. The molecule has 0 aliphatic carbocycles. The number of rotatable bonds is 6. The van der Waals surface area contributed by atoms with Crippen molar-refractivity contribution in [1.82, 2.24) is 9.80 Å². The van der Waals surface area contributed by atoms with Gasteiger partial charge in [0.25, 0.3) is 5.91 Å². The molecule has 162 valence electrons. The number of nitrogens with zero attached hydrogens (tertiary/aromatic N) is 2. The fourth-order valence-corrected chi connectivity index (χ4v) is 3.51. The maximum absolute atomic E-state index is 13.2. The monoisotopic (exact) mass is 504 g/mol. The summed E-state index contributed by atoms with van der Waals surface area (Å²) in [6, 6.07) is 13.8. The zero-order valence-corrected chi connectivity index (χ0v) is 19.2. The molecule has 1 heterocycles. The zero-order valence-electron chi connectivity index (χ0n) is 16.9. The Morgan fingerprint density at radius 1 is 1.03 bits per heavy atom. The minimum atomic E-state index is -0.488. The summed E-state index contributed by atoms with van der Waals surface area (Å²) in [6.45, 7) is 3.54. The quantitative estimate of drug-likeness (QED) is 0.351. The van der Waals surface area contributed by atoms with Crippen LogP contribution in [0.25, 0.3) is 0 Å². The van der Waals surface area contributed by atoms with Crippen LogP contribution in [0, 0.1) is 5.41 Å².